The van der Waals surface area contributed by atoms with Crippen LogP contribution in [-0.4, -0.2) is 61.4 Å². The maximum atomic E-state index is 5.40. The van der Waals surface area contributed by atoms with Crippen LogP contribution in [0.1, 0.15) is 6.42 Å². The summed E-state index contributed by atoms with van der Waals surface area (Å²) in [6.07, 6.45) is 2.84. The van der Waals surface area contributed by atoms with Crippen LogP contribution in [0.2, 0.25) is 0 Å². The standard InChI is InChI=1S/C12H20N4OS2/c1-17-9-2-3-13-11(18)15-5-7-16(8-6-15)12-14-4-10-19-12/h4,10H,2-3,5-9H2,1H3,(H,13,18). The lowest BCUT2D eigenvalue weighted by Gasteiger charge is -2.36. The molecule has 1 N–H and O–H groups in total. The van der Waals surface area contributed by atoms with Crippen molar-refractivity contribution in [1.29, 1.82) is 0 Å². The number of thiocarbonyl (C=S) groups is 1. The van der Waals surface area contributed by atoms with Gasteiger partial charge in [0, 0.05) is 58.0 Å². The summed E-state index contributed by atoms with van der Waals surface area (Å²) in [5.74, 6) is 0. The van der Waals surface area contributed by atoms with E-state index in [9.17, 15) is 0 Å². The summed E-state index contributed by atoms with van der Waals surface area (Å²) in [4.78, 5) is 8.89. The molecule has 1 aromatic rings. The van der Waals surface area contributed by atoms with Gasteiger partial charge in [0.1, 0.15) is 0 Å². The van der Waals surface area contributed by atoms with E-state index in [0.29, 0.717) is 0 Å². The highest BCUT2D eigenvalue weighted by Crippen LogP contribution is 2.18. The summed E-state index contributed by atoms with van der Waals surface area (Å²) in [6, 6.07) is 0. The van der Waals surface area contributed by atoms with Crippen molar-refractivity contribution >= 4 is 33.8 Å². The molecule has 0 bridgehead atoms. The Morgan fingerprint density at radius 1 is 1.47 bits per heavy atom. The maximum Gasteiger partial charge on any atom is 0.185 e. The number of anilines is 1. The van der Waals surface area contributed by atoms with Gasteiger partial charge in [-0.15, -0.1) is 11.3 Å². The van der Waals surface area contributed by atoms with Crippen molar-refractivity contribution in [2.75, 3.05) is 51.3 Å². The normalized spacial score (nSPS) is 15.6. The van der Waals surface area contributed by atoms with Crippen molar-refractivity contribution in [3.63, 3.8) is 0 Å². The summed E-state index contributed by atoms with van der Waals surface area (Å²) < 4.78 is 5.02. The fourth-order valence-corrected chi connectivity index (χ4v) is 2.98. The van der Waals surface area contributed by atoms with Gasteiger partial charge >= 0.3 is 0 Å². The Kier molecular flexibility index (Phi) is 5.81. The van der Waals surface area contributed by atoms with Crippen molar-refractivity contribution in [3.05, 3.63) is 11.6 Å². The summed E-state index contributed by atoms with van der Waals surface area (Å²) in [6.45, 7) is 5.51. The maximum absolute atomic E-state index is 5.40. The van der Waals surface area contributed by atoms with Crippen LogP contribution in [0.3, 0.4) is 0 Å². The van der Waals surface area contributed by atoms with Crippen LogP contribution in [0.15, 0.2) is 11.6 Å². The van der Waals surface area contributed by atoms with Crippen molar-refractivity contribution in [2.45, 2.75) is 6.42 Å². The summed E-state index contributed by atoms with van der Waals surface area (Å²) >= 11 is 7.10. The zero-order valence-corrected chi connectivity index (χ0v) is 12.8. The molecule has 2 heterocycles. The van der Waals surface area contributed by atoms with Gasteiger partial charge < -0.3 is 19.9 Å². The minimum Gasteiger partial charge on any atom is -0.385 e. The third kappa shape index (κ3) is 4.29. The molecule has 1 aliphatic heterocycles. The smallest absolute Gasteiger partial charge is 0.185 e. The first-order valence-electron chi connectivity index (χ1n) is 6.47. The molecule has 0 saturated carbocycles. The van der Waals surface area contributed by atoms with Crippen molar-refractivity contribution < 1.29 is 4.74 Å². The SMILES string of the molecule is COCCCNC(=S)N1CCN(c2nccs2)CC1. The molecule has 0 spiro atoms. The van der Waals surface area contributed by atoms with Crippen LogP contribution in [0.4, 0.5) is 5.13 Å². The molecule has 0 aromatic carbocycles. The lowest BCUT2D eigenvalue weighted by atomic mass is 10.3. The lowest BCUT2D eigenvalue weighted by Crippen LogP contribution is -2.51. The minimum atomic E-state index is 0.771. The summed E-state index contributed by atoms with van der Waals surface area (Å²) in [5.41, 5.74) is 0. The van der Waals surface area contributed by atoms with Crippen molar-refractivity contribution in [3.8, 4) is 0 Å². The number of hydrogen-bond donors (Lipinski definition) is 1. The molecule has 19 heavy (non-hydrogen) atoms. The molecule has 5 nitrogen and oxygen atoms in total. The average Bonchev–Trinajstić information content (AvgIpc) is 2.98. The van der Waals surface area contributed by atoms with Gasteiger partial charge in [-0.2, -0.15) is 0 Å². The van der Waals surface area contributed by atoms with Gasteiger partial charge in [-0.3, -0.25) is 0 Å². The Morgan fingerprint density at radius 3 is 2.89 bits per heavy atom. The van der Waals surface area contributed by atoms with Gasteiger partial charge in [0.15, 0.2) is 10.2 Å². The van der Waals surface area contributed by atoms with E-state index in [4.69, 9.17) is 17.0 Å². The van der Waals surface area contributed by atoms with E-state index >= 15 is 0 Å². The molecule has 1 aromatic heterocycles. The second-order valence-electron chi connectivity index (χ2n) is 4.37. The van der Waals surface area contributed by atoms with Gasteiger partial charge in [-0.1, -0.05) is 0 Å². The monoisotopic (exact) mass is 300 g/mol. The fourth-order valence-electron chi connectivity index (χ4n) is 2.00. The van der Waals surface area contributed by atoms with E-state index in [1.807, 2.05) is 11.6 Å². The number of ether oxygens (including phenoxy) is 1. The molecule has 2 rings (SSSR count). The Morgan fingerprint density at radius 2 is 2.26 bits per heavy atom. The van der Waals surface area contributed by atoms with Gasteiger partial charge in [-0.25, -0.2) is 4.98 Å². The average molecular weight is 300 g/mol. The van der Waals surface area contributed by atoms with Crippen LogP contribution in [0, 0.1) is 0 Å². The number of methoxy groups -OCH3 is 1. The summed E-state index contributed by atoms with van der Waals surface area (Å²) in [7, 11) is 1.72. The number of hydrogen-bond acceptors (Lipinski definition) is 5. The van der Waals surface area contributed by atoms with Gasteiger partial charge in [0.2, 0.25) is 0 Å². The highest BCUT2D eigenvalue weighted by molar-refractivity contribution is 7.80. The first-order valence-corrected chi connectivity index (χ1v) is 7.76. The molecule has 0 atom stereocenters. The van der Waals surface area contributed by atoms with Crippen LogP contribution >= 0.6 is 23.6 Å². The number of piperazine rings is 1. The number of aromatic nitrogens is 1. The Balaban J connectivity index is 1.69. The van der Waals surface area contributed by atoms with Crippen molar-refractivity contribution in [2.24, 2.45) is 0 Å². The fraction of sp³-hybridized carbons (Fsp3) is 0.667. The first kappa shape index (κ1) is 14.5. The largest absolute Gasteiger partial charge is 0.385 e. The number of nitrogens with one attached hydrogen (secondary N) is 1. The third-order valence-electron chi connectivity index (χ3n) is 3.06. The van der Waals surface area contributed by atoms with E-state index in [0.717, 1.165) is 56.0 Å². The third-order valence-corrected chi connectivity index (χ3v) is 4.29. The van der Waals surface area contributed by atoms with Gasteiger partial charge in [-0.05, 0) is 18.6 Å². The molecule has 1 aliphatic rings. The molecule has 1 saturated heterocycles. The summed E-state index contributed by atoms with van der Waals surface area (Å²) in [5, 5.41) is 7.27. The number of nitrogens with zero attached hydrogens (tertiary/aromatic N) is 3. The molecule has 0 aliphatic carbocycles. The minimum absolute atomic E-state index is 0.771. The van der Waals surface area contributed by atoms with Crippen LogP contribution in [-0.2, 0) is 4.74 Å². The van der Waals surface area contributed by atoms with E-state index in [1.165, 1.54) is 0 Å². The molecule has 7 heteroatoms. The first-order chi connectivity index (χ1) is 9.31. The zero-order valence-electron chi connectivity index (χ0n) is 11.2. The van der Waals surface area contributed by atoms with E-state index in [-0.39, 0.29) is 0 Å². The van der Waals surface area contributed by atoms with Crippen LogP contribution in [0.25, 0.3) is 0 Å². The second kappa shape index (κ2) is 7.62. The Bertz CT molecular complexity index is 377. The Hall–Kier alpha value is -0.920. The van der Waals surface area contributed by atoms with Gasteiger partial charge in [0.05, 0.1) is 0 Å². The van der Waals surface area contributed by atoms with E-state index in [2.05, 4.69) is 20.1 Å². The Labute approximate surface area is 123 Å². The lowest BCUT2D eigenvalue weighted by molar-refractivity contribution is 0.195. The zero-order chi connectivity index (χ0) is 13.5. The van der Waals surface area contributed by atoms with Crippen molar-refractivity contribution in [1.82, 2.24) is 15.2 Å². The molecule has 0 radical (unpaired) electrons. The highest BCUT2D eigenvalue weighted by atomic mass is 32.1. The molecule has 0 amide bonds. The quantitative estimate of drug-likeness (QED) is 0.650. The molecule has 0 unspecified atom stereocenters. The van der Waals surface area contributed by atoms with Crippen LogP contribution in [0.5, 0.6) is 0 Å². The topological polar surface area (TPSA) is 40.6 Å². The van der Waals surface area contributed by atoms with Gasteiger partial charge in [0.25, 0.3) is 0 Å². The van der Waals surface area contributed by atoms with E-state index in [1.54, 1.807) is 18.4 Å². The van der Waals surface area contributed by atoms with E-state index < -0.39 is 0 Å². The molecular weight excluding hydrogens is 280 g/mol. The predicted molar refractivity (Wildman–Crippen MR) is 83.0 cm³/mol. The highest BCUT2D eigenvalue weighted by Gasteiger charge is 2.19. The number of rotatable bonds is 5. The number of thiazole rings is 1. The second-order valence-corrected chi connectivity index (χ2v) is 5.63. The van der Waals surface area contributed by atoms with Crippen LogP contribution < -0.4 is 10.2 Å². The predicted octanol–water partition coefficient (Wildman–Crippen LogP) is 1.18. The molecular formula is C12H20N4OS2. The molecule has 1 fully saturated rings. The molecule has 106 valence electrons.